The SMILES string of the molecule is Cc1ncc(-c2cnc(OCCc3ccc(F)cc3)c(F)c2)c(N2CCC(C)(C)CC2)c1CC(=O)O. The quantitative estimate of drug-likeness (QED) is 0.438. The van der Waals surface area contributed by atoms with E-state index in [9.17, 15) is 14.3 Å². The maximum atomic E-state index is 15.0. The molecule has 1 N–H and O–H groups in total. The number of benzene rings is 1. The fraction of sp³-hybridized carbons (Fsp3) is 0.393. The van der Waals surface area contributed by atoms with Gasteiger partial charge in [0.1, 0.15) is 5.82 Å². The molecule has 8 heteroatoms. The number of rotatable bonds is 8. The molecular weight excluding hydrogens is 464 g/mol. The van der Waals surface area contributed by atoms with Crippen LogP contribution in [0.15, 0.2) is 42.7 Å². The van der Waals surface area contributed by atoms with Crippen LogP contribution in [-0.2, 0) is 17.6 Å². The summed E-state index contributed by atoms with van der Waals surface area (Å²) < 4.78 is 33.6. The van der Waals surface area contributed by atoms with Gasteiger partial charge in [0.25, 0.3) is 0 Å². The molecule has 0 spiro atoms. The topological polar surface area (TPSA) is 75.6 Å². The summed E-state index contributed by atoms with van der Waals surface area (Å²) in [4.78, 5) is 22.5. The number of aromatic nitrogens is 2. The Balaban J connectivity index is 1.61. The second kappa shape index (κ2) is 10.6. The summed E-state index contributed by atoms with van der Waals surface area (Å²) in [5, 5.41) is 9.56. The van der Waals surface area contributed by atoms with E-state index in [-0.39, 0.29) is 30.1 Å². The van der Waals surface area contributed by atoms with Gasteiger partial charge in [0.15, 0.2) is 5.82 Å². The van der Waals surface area contributed by atoms with Gasteiger partial charge < -0.3 is 14.7 Å². The molecule has 6 nitrogen and oxygen atoms in total. The summed E-state index contributed by atoms with van der Waals surface area (Å²) in [6.45, 7) is 8.01. The zero-order valence-corrected chi connectivity index (χ0v) is 20.9. The Bertz CT molecular complexity index is 1240. The molecule has 0 amide bonds. The minimum atomic E-state index is -0.940. The highest BCUT2D eigenvalue weighted by molar-refractivity contribution is 5.84. The molecule has 3 heterocycles. The average molecular weight is 496 g/mol. The molecule has 2 aromatic heterocycles. The van der Waals surface area contributed by atoms with E-state index in [0.717, 1.165) is 37.2 Å². The number of hydrogen-bond acceptors (Lipinski definition) is 5. The fourth-order valence-electron chi connectivity index (χ4n) is 4.50. The van der Waals surface area contributed by atoms with E-state index in [1.807, 2.05) is 0 Å². The van der Waals surface area contributed by atoms with E-state index in [2.05, 4.69) is 28.7 Å². The number of pyridine rings is 2. The Kier molecular flexibility index (Phi) is 7.52. The van der Waals surface area contributed by atoms with Crippen molar-refractivity contribution in [1.82, 2.24) is 9.97 Å². The van der Waals surface area contributed by atoms with Gasteiger partial charge in [-0.05, 0) is 48.9 Å². The molecular formula is C28H31F2N3O3. The van der Waals surface area contributed by atoms with Crippen molar-refractivity contribution < 1.29 is 23.4 Å². The Morgan fingerprint density at radius 2 is 1.81 bits per heavy atom. The Hall–Kier alpha value is -3.55. The zero-order valence-electron chi connectivity index (χ0n) is 20.9. The molecule has 0 bridgehead atoms. The molecule has 1 aromatic carbocycles. The number of carboxylic acid groups (broad SMARTS) is 1. The van der Waals surface area contributed by atoms with E-state index < -0.39 is 11.8 Å². The molecule has 0 atom stereocenters. The lowest BCUT2D eigenvalue weighted by Crippen LogP contribution is -2.38. The molecule has 1 saturated heterocycles. The Morgan fingerprint density at radius 3 is 2.44 bits per heavy atom. The highest BCUT2D eigenvalue weighted by Crippen LogP contribution is 2.40. The summed E-state index contributed by atoms with van der Waals surface area (Å²) >= 11 is 0. The largest absolute Gasteiger partial charge is 0.481 e. The normalized spacial score (nSPS) is 15.1. The van der Waals surface area contributed by atoms with E-state index >= 15 is 4.39 Å². The smallest absolute Gasteiger partial charge is 0.307 e. The lowest BCUT2D eigenvalue weighted by atomic mass is 9.82. The average Bonchev–Trinajstić information content (AvgIpc) is 2.82. The van der Waals surface area contributed by atoms with Crippen molar-refractivity contribution in [2.45, 2.75) is 46.5 Å². The van der Waals surface area contributed by atoms with Crippen LogP contribution in [-0.4, -0.2) is 40.7 Å². The minimum absolute atomic E-state index is 0.118. The van der Waals surface area contributed by atoms with Crippen LogP contribution in [0.2, 0.25) is 0 Å². The minimum Gasteiger partial charge on any atom is -0.481 e. The summed E-state index contributed by atoms with van der Waals surface area (Å²) in [7, 11) is 0. The van der Waals surface area contributed by atoms with Crippen molar-refractivity contribution in [1.29, 1.82) is 0 Å². The van der Waals surface area contributed by atoms with Crippen molar-refractivity contribution in [3.63, 3.8) is 0 Å². The van der Waals surface area contributed by atoms with Gasteiger partial charge in [0, 0.05) is 54.3 Å². The van der Waals surface area contributed by atoms with Gasteiger partial charge >= 0.3 is 5.97 Å². The summed E-state index contributed by atoms with van der Waals surface area (Å²) in [6.07, 6.45) is 5.45. The summed E-state index contributed by atoms with van der Waals surface area (Å²) in [5.74, 6) is -1.98. The van der Waals surface area contributed by atoms with Gasteiger partial charge in [0.05, 0.1) is 18.7 Å². The molecule has 0 unspecified atom stereocenters. The molecule has 1 aliphatic heterocycles. The van der Waals surface area contributed by atoms with E-state index in [0.29, 0.717) is 28.8 Å². The number of hydrogen-bond donors (Lipinski definition) is 1. The van der Waals surface area contributed by atoms with Crippen LogP contribution in [0.5, 0.6) is 5.88 Å². The van der Waals surface area contributed by atoms with Crippen LogP contribution < -0.4 is 9.64 Å². The molecule has 0 aliphatic carbocycles. The first-order chi connectivity index (χ1) is 17.1. The molecule has 0 saturated carbocycles. The molecule has 1 aliphatic rings. The molecule has 1 fully saturated rings. The number of carbonyl (C=O) groups is 1. The number of nitrogens with zero attached hydrogens (tertiary/aromatic N) is 3. The van der Waals surface area contributed by atoms with E-state index in [1.165, 1.54) is 24.4 Å². The number of halogens is 2. The molecule has 36 heavy (non-hydrogen) atoms. The maximum Gasteiger partial charge on any atom is 0.307 e. The van der Waals surface area contributed by atoms with Crippen molar-refractivity contribution in [3.05, 3.63) is 71.2 Å². The zero-order chi connectivity index (χ0) is 25.9. The van der Waals surface area contributed by atoms with E-state index in [1.54, 1.807) is 25.3 Å². The summed E-state index contributed by atoms with van der Waals surface area (Å²) in [5.41, 5.74) is 4.32. The van der Waals surface area contributed by atoms with Gasteiger partial charge in [0.2, 0.25) is 5.88 Å². The second-order valence-electron chi connectivity index (χ2n) is 10.0. The standard InChI is InChI=1S/C28H31F2N3O3/c1-18-22(15-25(34)35)26(33-11-9-28(2,3)10-12-33)23(17-31-18)20-14-24(30)27(32-16-20)36-13-8-19-4-6-21(29)7-5-19/h4-7,14,16-17H,8-13,15H2,1-3H3,(H,34,35). The van der Waals surface area contributed by atoms with Gasteiger partial charge in [-0.25, -0.2) is 13.8 Å². The number of aliphatic carboxylic acids is 1. The third kappa shape index (κ3) is 5.98. The van der Waals surface area contributed by atoms with Crippen LogP contribution in [0.3, 0.4) is 0 Å². The summed E-state index contributed by atoms with van der Waals surface area (Å²) in [6, 6.07) is 7.42. The second-order valence-corrected chi connectivity index (χ2v) is 10.0. The van der Waals surface area contributed by atoms with E-state index in [4.69, 9.17) is 4.74 Å². The highest BCUT2D eigenvalue weighted by atomic mass is 19.1. The van der Waals surface area contributed by atoms with Crippen LogP contribution in [0.4, 0.5) is 14.5 Å². The maximum absolute atomic E-state index is 15.0. The van der Waals surface area contributed by atoms with Crippen molar-refractivity contribution in [2.75, 3.05) is 24.6 Å². The predicted molar refractivity (Wildman–Crippen MR) is 134 cm³/mol. The van der Waals surface area contributed by atoms with Crippen LogP contribution >= 0.6 is 0 Å². The monoisotopic (exact) mass is 495 g/mol. The van der Waals surface area contributed by atoms with Gasteiger partial charge in [-0.3, -0.25) is 9.78 Å². The van der Waals surface area contributed by atoms with Gasteiger partial charge in [-0.15, -0.1) is 0 Å². The number of ether oxygens (including phenoxy) is 1. The van der Waals surface area contributed by atoms with Crippen molar-refractivity contribution in [2.24, 2.45) is 5.41 Å². The number of anilines is 1. The number of aryl methyl sites for hydroxylation is 1. The van der Waals surface area contributed by atoms with Crippen molar-refractivity contribution >= 4 is 11.7 Å². The van der Waals surface area contributed by atoms with Crippen LogP contribution in [0.1, 0.15) is 43.5 Å². The third-order valence-corrected chi connectivity index (χ3v) is 6.79. The first-order valence-electron chi connectivity index (χ1n) is 12.1. The third-order valence-electron chi connectivity index (χ3n) is 6.79. The Morgan fingerprint density at radius 1 is 1.11 bits per heavy atom. The van der Waals surface area contributed by atoms with Crippen LogP contribution in [0, 0.1) is 24.0 Å². The molecule has 0 radical (unpaired) electrons. The van der Waals surface area contributed by atoms with Gasteiger partial charge in [-0.2, -0.15) is 0 Å². The first-order valence-corrected chi connectivity index (χ1v) is 12.1. The predicted octanol–water partition coefficient (Wildman–Crippen LogP) is 5.61. The Labute approximate surface area is 210 Å². The van der Waals surface area contributed by atoms with Gasteiger partial charge in [-0.1, -0.05) is 26.0 Å². The first kappa shape index (κ1) is 25.5. The van der Waals surface area contributed by atoms with Crippen molar-refractivity contribution in [3.8, 4) is 17.0 Å². The lowest BCUT2D eigenvalue weighted by Gasteiger charge is -2.40. The number of piperidine rings is 1. The highest BCUT2D eigenvalue weighted by Gasteiger charge is 2.29. The molecule has 3 aromatic rings. The molecule has 190 valence electrons. The molecule has 4 rings (SSSR count). The lowest BCUT2D eigenvalue weighted by molar-refractivity contribution is -0.136. The fourth-order valence-corrected chi connectivity index (χ4v) is 4.50. The number of carboxylic acids is 1. The van der Waals surface area contributed by atoms with Crippen LogP contribution in [0.25, 0.3) is 11.1 Å².